The van der Waals surface area contributed by atoms with Crippen LogP contribution < -0.4 is 15.2 Å². The first-order valence-electron chi connectivity index (χ1n) is 8.09. The summed E-state index contributed by atoms with van der Waals surface area (Å²) in [5.74, 6) is -0.0784. The first-order chi connectivity index (χ1) is 12.5. The number of carbonyl (C=O) groups is 2. The van der Waals surface area contributed by atoms with Crippen molar-refractivity contribution in [1.29, 1.82) is 0 Å². The van der Waals surface area contributed by atoms with E-state index in [2.05, 4.69) is 9.97 Å². The Balaban J connectivity index is 1.67. The highest BCUT2D eigenvalue weighted by atomic mass is 16.5. The Morgan fingerprint density at radius 3 is 2.73 bits per heavy atom. The van der Waals surface area contributed by atoms with Crippen LogP contribution in [0.25, 0.3) is 0 Å². The molecule has 136 valence electrons. The minimum atomic E-state index is -0.293. The molecule has 9 nitrogen and oxygen atoms in total. The molecular weight excluding hydrogens is 338 g/mol. The van der Waals surface area contributed by atoms with Gasteiger partial charge in [0.1, 0.15) is 13.1 Å². The van der Waals surface area contributed by atoms with Gasteiger partial charge in [-0.05, 0) is 13.0 Å². The molecule has 1 saturated heterocycles. The quantitative estimate of drug-likeness (QED) is 0.754. The average Bonchev–Trinajstić information content (AvgIpc) is 2.64. The summed E-state index contributed by atoms with van der Waals surface area (Å²) in [4.78, 5) is 47.9. The monoisotopic (exact) mass is 357 g/mol. The molecule has 2 amide bonds. The lowest BCUT2D eigenvalue weighted by molar-refractivity contribution is -0.137. The highest BCUT2D eigenvalue weighted by Crippen LogP contribution is 2.20. The van der Waals surface area contributed by atoms with E-state index in [9.17, 15) is 14.4 Å². The number of aromatic nitrogens is 3. The van der Waals surface area contributed by atoms with Gasteiger partial charge in [0.2, 0.25) is 17.7 Å². The van der Waals surface area contributed by atoms with Crippen LogP contribution in [0, 0.1) is 6.92 Å². The lowest BCUT2D eigenvalue weighted by Gasteiger charge is -2.34. The second-order valence-corrected chi connectivity index (χ2v) is 5.91. The van der Waals surface area contributed by atoms with Crippen LogP contribution in [0.5, 0.6) is 5.88 Å². The minimum Gasteiger partial charge on any atom is -0.481 e. The SMILES string of the molecule is COc1cc(N2CCN(C(=O)Cn3cnc(C)cc3=O)CC2=O)ccn1. The Bertz CT molecular complexity index is 895. The molecule has 1 aliphatic rings. The number of piperazine rings is 1. The second-order valence-electron chi connectivity index (χ2n) is 5.91. The highest BCUT2D eigenvalue weighted by molar-refractivity contribution is 5.97. The zero-order chi connectivity index (χ0) is 18.7. The van der Waals surface area contributed by atoms with E-state index in [0.29, 0.717) is 30.4 Å². The number of hydrogen-bond donors (Lipinski definition) is 0. The van der Waals surface area contributed by atoms with Gasteiger partial charge in [-0.1, -0.05) is 0 Å². The molecule has 3 rings (SSSR count). The van der Waals surface area contributed by atoms with Crippen molar-refractivity contribution in [3.05, 3.63) is 46.8 Å². The summed E-state index contributed by atoms with van der Waals surface area (Å²) in [6.45, 7) is 2.27. The predicted octanol–water partition coefficient (Wildman–Crippen LogP) is -0.169. The summed E-state index contributed by atoms with van der Waals surface area (Å²) in [5.41, 5.74) is 0.975. The van der Waals surface area contributed by atoms with Gasteiger partial charge < -0.3 is 14.5 Å². The molecule has 0 saturated carbocycles. The zero-order valence-corrected chi connectivity index (χ0v) is 14.6. The van der Waals surface area contributed by atoms with Crippen molar-refractivity contribution < 1.29 is 14.3 Å². The fraction of sp³-hybridized carbons (Fsp3) is 0.353. The third kappa shape index (κ3) is 3.71. The van der Waals surface area contributed by atoms with Gasteiger partial charge in [-0.25, -0.2) is 9.97 Å². The van der Waals surface area contributed by atoms with Crippen molar-refractivity contribution in [1.82, 2.24) is 19.4 Å². The Morgan fingerprint density at radius 2 is 2.04 bits per heavy atom. The maximum atomic E-state index is 12.5. The maximum absolute atomic E-state index is 12.5. The Hall–Kier alpha value is -3.23. The van der Waals surface area contributed by atoms with Gasteiger partial charge in [0, 0.05) is 37.1 Å². The van der Waals surface area contributed by atoms with Crippen LogP contribution >= 0.6 is 0 Å². The van der Waals surface area contributed by atoms with Crippen LogP contribution in [0.2, 0.25) is 0 Å². The zero-order valence-electron chi connectivity index (χ0n) is 14.6. The summed E-state index contributed by atoms with van der Waals surface area (Å²) < 4.78 is 6.31. The van der Waals surface area contributed by atoms with Gasteiger partial charge in [0.15, 0.2) is 0 Å². The molecule has 0 aliphatic carbocycles. The fourth-order valence-electron chi connectivity index (χ4n) is 2.72. The molecule has 0 bridgehead atoms. The van der Waals surface area contributed by atoms with Crippen LogP contribution in [-0.4, -0.2) is 58.0 Å². The van der Waals surface area contributed by atoms with Gasteiger partial charge >= 0.3 is 0 Å². The molecule has 0 N–H and O–H groups in total. The van der Waals surface area contributed by atoms with Crippen molar-refractivity contribution >= 4 is 17.5 Å². The number of amides is 2. The first kappa shape index (κ1) is 17.6. The van der Waals surface area contributed by atoms with Crippen LogP contribution in [-0.2, 0) is 16.1 Å². The number of nitrogens with zero attached hydrogens (tertiary/aromatic N) is 5. The predicted molar refractivity (Wildman–Crippen MR) is 93.0 cm³/mol. The summed E-state index contributed by atoms with van der Waals surface area (Å²) in [6.07, 6.45) is 2.91. The summed E-state index contributed by atoms with van der Waals surface area (Å²) in [7, 11) is 1.51. The van der Waals surface area contributed by atoms with E-state index in [1.54, 1.807) is 30.2 Å². The van der Waals surface area contributed by atoms with E-state index in [-0.39, 0.29) is 30.5 Å². The van der Waals surface area contributed by atoms with Crippen molar-refractivity contribution in [2.24, 2.45) is 0 Å². The molecule has 0 radical (unpaired) electrons. The molecule has 2 aromatic heterocycles. The van der Waals surface area contributed by atoms with E-state index < -0.39 is 0 Å². The Labute approximate surface area is 149 Å². The molecule has 0 spiro atoms. The molecule has 2 aromatic rings. The third-order valence-corrected chi connectivity index (χ3v) is 4.13. The molecule has 1 fully saturated rings. The van der Waals surface area contributed by atoms with Crippen molar-refractivity contribution in [2.75, 3.05) is 31.6 Å². The van der Waals surface area contributed by atoms with Crippen molar-refractivity contribution in [3.8, 4) is 5.88 Å². The number of aryl methyl sites for hydroxylation is 1. The van der Waals surface area contributed by atoms with Gasteiger partial charge in [-0.2, -0.15) is 0 Å². The van der Waals surface area contributed by atoms with E-state index >= 15 is 0 Å². The average molecular weight is 357 g/mol. The van der Waals surface area contributed by atoms with Crippen molar-refractivity contribution in [2.45, 2.75) is 13.5 Å². The second kappa shape index (κ2) is 7.34. The number of ether oxygens (including phenoxy) is 1. The fourth-order valence-corrected chi connectivity index (χ4v) is 2.72. The molecule has 3 heterocycles. The lowest BCUT2D eigenvalue weighted by atomic mass is 10.2. The maximum Gasteiger partial charge on any atom is 0.253 e. The van der Waals surface area contributed by atoms with E-state index in [1.165, 1.54) is 29.0 Å². The molecule has 26 heavy (non-hydrogen) atoms. The summed E-state index contributed by atoms with van der Waals surface area (Å²) >= 11 is 0. The van der Waals surface area contributed by atoms with E-state index in [4.69, 9.17) is 4.74 Å². The van der Waals surface area contributed by atoms with Crippen LogP contribution in [0.4, 0.5) is 5.69 Å². The number of carbonyl (C=O) groups excluding carboxylic acids is 2. The Morgan fingerprint density at radius 1 is 1.23 bits per heavy atom. The van der Waals surface area contributed by atoms with Crippen molar-refractivity contribution in [3.63, 3.8) is 0 Å². The topological polar surface area (TPSA) is 97.6 Å². The molecule has 0 unspecified atom stereocenters. The Kier molecular flexibility index (Phi) is 4.97. The lowest BCUT2D eigenvalue weighted by Crippen LogP contribution is -2.53. The highest BCUT2D eigenvalue weighted by Gasteiger charge is 2.28. The van der Waals surface area contributed by atoms with E-state index in [1.807, 2.05) is 0 Å². The van der Waals surface area contributed by atoms with Crippen LogP contribution in [0.3, 0.4) is 0 Å². The molecule has 1 aliphatic heterocycles. The molecule has 0 aromatic carbocycles. The standard InChI is InChI=1S/C17H19N5O4/c1-12-7-15(23)21(11-19-12)9-16(24)20-5-6-22(17(25)10-20)13-3-4-18-14(8-13)26-2/h3-4,7-8,11H,5-6,9-10H2,1-2H3. The number of anilines is 1. The molecule has 0 atom stereocenters. The van der Waals surface area contributed by atoms with Gasteiger partial charge in [-0.3, -0.25) is 19.0 Å². The number of rotatable bonds is 4. The first-order valence-corrected chi connectivity index (χ1v) is 8.09. The largest absolute Gasteiger partial charge is 0.481 e. The number of hydrogen-bond acceptors (Lipinski definition) is 6. The molecule has 9 heteroatoms. The van der Waals surface area contributed by atoms with Crippen LogP contribution in [0.15, 0.2) is 35.5 Å². The smallest absolute Gasteiger partial charge is 0.253 e. The van der Waals surface area contributed by atoms with Gasteiger partial charge in [0.05, 0.1) is 19.1 Å². The third-order valence-electron chi connectivity index (χ3n) is 4.13. The van der Waals surface area contributed by atoms with Gasteiger partial charge in [-0.15, -0.1) is 0 Å². The summed E-state index contributed by atoms with van der Waals surface area (Å²) in [5, 5.41) is 0. The number of methoxy groups -OCH3 is 1. The van der Waals surface area contributed by atoms with Gasteiger partial charge in [0.25, 0.3) is 5.56 Å². The number of pyridine rings is 1. The van der Waals surface area contributed by atoms with Crippen LogP contribution in [0.1, 0.15) is 5.69 Å². The molecular formula is C17H19N5O4. The normalized spacial score (nSPS) is 14.5. The minimum absolute atomic E-state index is 0.0441. The summed E-state index contributed by atoms with van der Waals surface area (Å²) in [6, 6.07) is 4.76. The van der Waals surface area contributed by atoms with E-state index in [0.717, 1.165) is 0 Å².